The number of hydrogen-bond donors (Lipinski definition) is 1. The first-order valence-corrected chi connectivity index (χ1v) is 6.32. The molecule has 96 valence electrons. The zero-order valence-corrected chi connectivity index (χ0v) is 10.6. The molecule has 18 heavy (non-hydrogen) atoms. The number of rotatable bonds is 2. The zero-order chi connectivity index (χ0) is 12.5. The predicted octanol–water partition coefficient (Wildman–Crippen LogP) is 0.120. The molecular formula is C12H14ClN2O3+. The van der Waals surface area contributed by atoms with E-state index in [1.807, 2.05) is 0 Å². The highest BCUT2D eigenvalue weighted by molar-refractivity contribution is 6.31. The van der Waals surface area contributed by atoms with Crippen molar-refractivity contribution < 1.29 is 14.1 Å². The highest BCUT2D eigenvalue weighted by atomic mass is 35.5. The zero-order valence-electron chi connectivity index (χ0n) is 9.82. The quantitative estimate of drug-likeness (QED) is 0.843. The minimum atomic E-state index is -0.328. The van der Waals surface area contributed by atoms with Gasteiger partial charge >= 0.3 is 5.76 Å². The molecule has 1 aromatic carbocycles. The van der Waals surface area contributed by atoms with E-state index in [9.17, 15) is 4.79 Å². The van der Waals surface area contributed by atoms with Crippen LogP contribution in [0.2, 0.25) is 5.02 Å². The van der Waals surface area contributed by atoms with E-state index in [2.05, 4.69) is 0 Å². The lowest BCUT2D eigenvalue weighted by atomic mass is 10.3. The molecule has 0 aliphatic carbocycles. The van der Waals surface area contributed by atoms with E-state index in [-0.39, 0.29) is 5.76 Å². The smallest absolute Gasteiger partial charge is 0.408 e. The molecule has 0 atom stereocenters. The van der Waals surface area contributed by atoms with Gasteiger partial charge in [-0.2, -0.15) is 0 Å². The Kier molecular flexibility index (Phi) is 3.11. The number of benzene rings is 1. The van der Waals surface area contributed by atoms with Crippen LogP contribution in [0.25, 0.3) is 11.1 Å². The topological polar surface area (TPSA) is 48.8 Å². The Bertz CT molecular complexity index is 613. The van der Waals surface area contributed by atoms with Gasteiger partial charge in [-0.25, -0.2) is 9.36 Å². The number of hydrogen-bond acceptors (Lipinski definition) is 3. The molecule has 0 unspecified atom stereocenters. The Balaban J connectivity index is 1.97. The van der Waals surface area contributed by atoms with Crippen molar-refractivity contribution in [3.05, 3.63) is 33.8 Å². The fourth-order valence-electron chi connectivity index (χ4n) is 2.23. The lowest BCUT2D eigenvalue weighted by molar-refractivity contribution is -0.930. The second-order valence-corrected chi connectivity index (χ2v) is 4.86. The third kappa shape index (κ3) is 2.16. The Hall–Kier alpha value is -1.30. The average Bonchev–Trinajstić information content (AvgIpc) is 2.67. The molecule has 0 saturated carbocycles. The normalized spacial score (nSPS) is 17.4. The lowest BCUT2D eigenvalue weighted by Gasteiger charge is -2.23. The number of aromatic nitrogens is 1. The van der Waals surface area contributed by atoms with E-state index in [0.29, 0.717) is 17.3 Å². The molecule has 6 heteroatoms. The van der Waals surface area contributed by atoms with Gasteiger partial charge in [-0.05, 0) is 18.2 Å². The van der Waals surface area contributed by atoms with Crippen LogP contribution in [0.4, 0.5) is 0 Å². The number of quaternary nitrogens is 1. The van der Waals surface area contributed by atoms with Crippen molar-refractivity contribution in [3.8, 4) is 0 Å². The fourth-order valence-corrected chi connectivity index (χ4v) is 2.39. The molecule has 2 heterocycles. The van der Waals surface area contributed by atoms with E-state index in [1.54, 1.807) is 22.8 Å². The summed E-state index contributed by atoms with van der Waals surface area (Å²) in [7, 11) is 0. The van der Waals surface area contributed by atoms with Crippen molar-refractivity contribution in [2.75, 3.05) is 26.3 Å². The number of halogens is 1. The Morgan fingerprint density at radius 3 is 2.89 bits per heavy atom. The number of ether oxygens (including phenoxy) is 1. The van der Waals surface area contributed by atoms with E-state index in [4.69, 9.17) is 20.8 Å². The molecule has 2 aromatic rings. The van der Waals surface area contributed by atoms with Gasteiger partial charge in [-0.3, -0.25) is 0 Å². The van der Waals surface area contributed by atoms with Crippen LogP contribution < -0.4 is 10.7 Å². The summed E-state index contributed by atoms with van der Waals surface area (Å²) in [6.07, 6.45) is 0. The van der Waals surface area contributed by atoms with Crippen LogP contribution in [-0.4, -0.2) is 30.9 Å². The number of nitrogens with zero attached hydrogens (tertiary/aromatic N) is 1. The molecule has 1 aliphatic heterocycles. The van der Waals surface area contributed by atoms with Gasteiger partial charge in [0.15, 0.2) is 12.3 Å². The van der Waals surface area contributed by atoms with Crippen LogP contribution in [0.15, 0.2) is 27.4 Å². The second-order valence-electron chi connectivity index (χ2n) is 4.43. The highest BCUT2D eigenvalue weighted by Crippen LogP contribution is 2.17. The number of nitrogens with one attached hydrogen (secondary N) is 1. The maximum absolute atomic E-state index is 11.8. The largest absolute Gasteiger partial charge is 0.424 e. The molecule has 1 saturated heterocycles. The average molecular weight is 270 g/mol. The molecule has 0 amide bonds. The van der Waals surface area contributed by atoms with E-state index < -0.39 is 0 Å². The van der Waals surface area contributed by atoms with E-state index >= 15 is 0 Å². The van der Waals surface area contributed by atoms with Gasteiger partial charge in [0.05, 0.1) is 18.7 Å². The molecule has 3 rings (SSSR count). The Morgan fingerprint density at radius 2 is 2.11 bits per heavy atom. The van der Waals surface area contributed by atoms with E-state index in [1.165, 1.54) is 4.90 Å². The summed E-state index contributed by atoms with van der Waals surface area (Å²) in [5.74, 6) is -0.328. The van der Waals surface area contributed by atoms with Gasteiger partial charge in [0.2, 0.25) is 0 Å². The summed E-state index contributed by atoms with van der Waals surface area (Å²) in [5.41, 5.74) is 1.34. The van der Waals surface area contributed by atoms with Gasteiger partial charge in [-0.1, -0.05) is 11.6 Å². The second kappa shape index (κ2) is 4.76. The first kappa shape index (κ1) is 11.8. The van der Waals surface area contributed by atoms with Crippen molar-refractivity contribution in [2.24, 2.45) is 0 Å². The summed E-state index contributed by atoms with van der Waals surface area (Å²) in [4.78, 5) is 13.1. The maximum atomic E-state index is 11.8. The number of oxazole rings is 1. The van der Waals surface area contributed by atoms with Crippen LogP contribution >= 0.6 is 11.6 Å². The summed E-state index contributed by atoms with van der Waals surface area (Å²) in [6.45, 7) is 3.87. The Morgan fingerprint density at radius 1 is 1.33 bits per heavy atom. The molecule has 1 N–H and O–H groups in total. The molecular weight excluding hydrogens is 256 g/mol. The van der Waals surface area contributed by atoms with Gasteiger partial charge in [0.1, 0.15) is 13.1 Å². The van der Waals surface area contributed by atoms with Gasteiger partial charge < -0.3 is 14.1 Å². The van der Waals surface area contributed by atoms with Gasteiger partial charge in [0.25, 0.3) is 0 Å². The molecule has 1 aromatic heterocycles. The predicted molar refractivity (Wildman–Crippen MR) is 67.0 cm³/mol. The van der Waals surface area contributed by atoms with Crippen molar-refractivity contribution in [3.63, 3.8) is 0 Å². The fraction of sp³-hybridized carbons (Fsp3) is 0.417. The minimum Gasteiger partial charge on any atom is -0.408 e. The first-order valence-electron chi connectivity index (χ1n) is 5.94. The SMILES string of the molecule is O=c1oc2ccc(Cl)cc2n1C[NH+]1CCOCC1. The van der Waals surface area contributed by atoms with Crippen LogP contribution in [-0.2, 0) is 11.4 Å². The van der Waals surface area contributed by atoms with Crippen LogP contribution in [0.3, 0.4) is 0 Å². The number of morpholine rings is 1. The van der Waals surface area contributed by atoms with Crippen molar-refractivity contribution in [1.82, 2.24) is 4.57 Å². The van der Waals surface area contributed by atoms with Crippen LogP contribution in [0.1, 0.15) is 0 Å². The van der Waals surface area contributed by atoms with Crippen molar-refractivity contribution in [1.29, 1.82) is 0 Å². The van der Waals surface area contributed by atoms with Crippen molar-refractivity contribution >= 4 is 22.7 Å². The van der Waals surface area contributed by atoms with Gasteiger partial charge in [-0.15, -0.1) is 0 Å². The summed E-state index contributed by atoms with van der Waals surface area (Å²) >= 11 is 5.96. The lowest BCUT2D eigenvalue weighted by Crippen LogP contribution is -3.13. The highest BCUT2D eigenvalue weighted by Gasteiger charge is 2.18. The molecule has 5 nitrogen and oxygen atoms in total. The third-order valence-corrected chi connectivity index (χ3v) is 3.45. The molecule has 0 bridgehead atoms. The third-order valence-electron chi connectivity index (χ3n) is 3.21. The summed E-state index contributed by atoms with van der Waals surface area (Å²) in [6, 6.07) is 5.21. The minimum absolute atomic E-state index is 0.328. The van der Waals surface area contributed by atoms with Crippen LogP contribution in [0.5, 0.6) is 0 Å². The van der Waals surface area contributed by atoms with Crippen LogP contribution in [0, 0.1) is 0 Å². The van der Waals surface area contributed by atoms with Crippen molar-refractivity contribution in [2.45, 2.75) is 6.67 Å². The first-order chi connectivity index (χ1) is 8.74. The summed E-state index contributed by atoms with van der Waals surface area (Å²) in [5, 5.41) is 0.606. The molecule has 1 aliphatic rings. The maximum Gasteiger partial charge on any atom is 0.424 e. The number of fused-ring (bicyclic) bond motifs is 1. The standard InChI is InChI=1S/C12H13ClN2O3/c13-9-1-2-11-10(7-9)15(12(16)18-11)8-14-3-5-17-6-4-14/h1-2,7H,3-6,8H2/p+1. The molecule has 0 radical (unpaired) electrons. The molecule has 0 spiro atoms. The molecule has 1 fully saturated rings. The van der Waals surface area contributed by atoms with Gasteiger partial charge in [0, 0.05) is 5.02 Å². The van der Waals surface area contributed by atoms with E-state index in [0.717, 1.165) is 31.8 Å². The monoisotopic (exact) mass is 269 g/mol. The summed E-state index contributed by atoms with van der Waals surface area (Å²) < 4.78 is 12.1. The Labute approximate surface area is 108 Å².